The number of anilines is 1. The molecule has 0 unspecified atom stereocenters. The van der Waals surface area contributed by atoms with Crippen molar-refractivity contribution in [2.24, 2.45) is 5.92 Å². The molecule has 0 saturated carbocycles. The molecule has 0 aliphatic carbocycles. The first-order valence-electron chi connectivity index (χ1n) is 5.81. The molecule has 1 heterocycles. The highest BCUT2D eigenvalue weighted by molar-refractivity contribution is 9.10. The maximum Gasteiger partial charge on any atom is 0.0992 e. The molecule has 1 fully saturated rings. The second-order valence-electron chi connectivity index (χ2n) is 4.24. The minimum absolute atomic E-state index is 0.691. The fraction of sp³-hybridized carbons (Fsp3) is 0.462. The van der Waals surface area contributed by atoms with E-state index >= 15 is 0 Å². The molecule has 90 valence electrons. The van der Waals surface area contributed by atoms with Gasteiger partial charge in [0.2, 0.25) is 0 Å². The van der Waals surface area contributed by atoms with Crippen molar-refractivity contribution in [2.45, 2.75) is 12.8 Å². The van der Waals surface area contributed by atoms with Crippen LogP contribution in [0.3, 0.4) is 0 Å². The van der Waals surface area contributed by atoms with Crippen molar-refractivity contribution in [1.82, 2.24) is 0 Å². The van der Waals surface area contributed by atoms with Crippen LogP contribution in [0, 0.1) is 17.2 Å². The highest BCUT2D eigenvalue weighted by Crippen LogP contribution is 2.26. The molecule has 0 aromatic heterocycles. The zero-order valence-corrected chi connectivity index (χ0v) is 12.0. The van der Waals surface area contributed by atoms with Crippen LogP contribution in [0.1, 0.15) is 18.4 Å². The number of nitrogens with one attached hydrogen (secondary N) is 1. The fourth-order valence-corrected chi connectivity index (χ4v) is 3.66. The van der Waals surface area contributed by atoms with Gasteiger partial charge in [-0.2, -0.15) is 17.0 Å². The Bertz CT molecular complexity index is 422. The van der Waals surface area contributed by atoms with Gasteiger partial charge in [0.15, 0.2) is 0 Å². The van der Waals surface area contributed by atoms with Crippen LogP contribution >= 0.6 is 27.7 Å². The third kappa shape index (κ3) is 3.65. The van der Waals surface area contributed by atoms with Gasteiger partial charge in [0.1, 0.15) is 0 Å². The lowest BCUT2D eigenvalue weighted by molar-refractivity contribution is 0.516. The summed E-state index contributed by atoms with van der Waals surface area (Å²) in [5.41, 5.74) is 1.78. The molecule has 1 N–H and O–H groups in total. The lowest BCUT2D eigenvalue weighted by Crippen LogP contribution is -2.19. The van der Waals surface area contributed by atoms with Crippen LogP contribution in [-0.4, -0.2) is 18.1 Å². The van der Waals surface area contributed by atoms with E-state index < -0.39 is 0 Å². The summed E-state index contributed by atoms with van der Waals surface area (Å²) < 4.78 is 0.974. The zero-order chi connectivity index (χ0) is 12.1. The number of hydrogen-bond donors (Lipinski definition) is 1. The second kappa shape index (κ2) is 6.32. The van der Waals surface area contributed by atoms with Gasteiger partial charge in [0.05, 0.1) is 11.6 Å². The van der Waals surface area contributed by atoms with E-state index in [4.69, 9.17) is 5.26 Å². The molecule has 1 aliphatic rings. The molecule has 1 saturated heterocycles. The van der Waals surface area contributed by atoms with Crippen LogP contribution in [0.2, 0.25) is 0 Å². The quantitative estimate of drug-likeness (QED) is 0.920. The van der Waals surface area contributed by atoms with Crippen molar-refractivity contribution >= 4 is 33.4 Å². The predicted octanol–water partition coefficient (Wildman–Crippen LogP) is 3.88. The van der Waals surface area contributed by atoms with Gasteiger partial charge in [0.25, 0.3) is 0 Å². The van der Waals surface area contributed by atoms with Crippen molar-refractivity contribution in [2.75, 3.05) is 23.4 Å². The van der Waals surface area contributed by atoms with Crippen LogP contribution in [0.15, 0.2) is 22.7 Å². The molecule has 1 aromatic carbocycles. The smallest absolute Gasteiger partial charge is 0.0992 e. The minimum atomic E-state index is 0.691. The molecular formula is C13H15BrN2S. The number of nitrogens with zero attached hydrogens (tertiary/aromatic N) is 1. The van der Waals surface area contributed by atoms with Crippen molar-refractivity contribution in [3.05, 3.63) is 28.2 Å². The highest BCUT2D eigenvalue weighted by Gasteiger charge is 2.13. The minimum Gasteiger partial charge on any atom is -0.384 e. The Morgan fingerprint density at radius 2 is 2.18 bits per heavy atom. The SMILES string of the molecule is N#Cc1ccc(NCC2CCSCC2)c(Br)c1. The van der Waals surface area contributed by atoms with E-state index in [-0.39, 0.29) is 0 Å². The molecule has 1 aliphatic heterocycles. The standard InChI is InChI=1S/C13H15BrN2S/c14-12-7-11(8-15)1-2-13(12)16-9-10-3-5-17-6-4-10/h1-2,7,10,16H,3-6,9H2. The lowest BCUT2D eigenvalue weighted by atomic mass is 10.0. The van der Waals surface area contributed by atoms with E-state index in [0.29, 0.717) is 5.56 Å². The number of thioether (sulfide) groups is 1. The summed E-state index contributed by atoms with van der Waals surface area (Å²) in [6.45, 7) is 1.03. The van der Waals surface area contributed by atoms with E-state index in [9.17, 15) is 0 Å². The lowest BCUT2D eigenvalue weighted by Gasteiger charge is -2.22. The fourth-order valence-electron chi connectivity index (χ4n) is 1.93. The van der Waals surface area contributed by atoms with E-state index in [1.807, 2.05) is 18.2 Å². The largest absolute Gasteiger partial charge is 0.384 e. The van der Waals surface area contributed by atoms with Crippen LogP contribution in [0.4, 0.5) is 5.69 Å². The molecule has 2 rings (SSSR count). The molecule has 0 atom stereocenters. The first kappa shape index (κ1) is 12.8. The van der Waals surface area contributed by atoms with Gasteiger partial charge in [-0.05, 0) is 64.4 Å². The summed E-state index contributed by atoms with van der Waals surface area (Å²) >= 11 is 5.55. The summed E-state index contributed by atoms with van der Waals surface area (Å²) in [6, 6.07) is 7.82. The number of hydrogen-bond acceptors (Lipinski definition) is 3. The van der Waals surface area contributed by atoms with Crippen molar-refractivity contribution in [3.8, 4) is 6.07 Å². The van der Waals surface area contributed by atoms with E-state index in [0.717, 1.165) is 22.6 Å². The molecule has 1 aromatic rings. The number of nitriles is 1. The maximum atomic E-state index is 8.79. The van der Waals surface area contributed by atoms with Crippen molar-refractivity contribution in [1.29, 1.82) is 5.26 Å². The van der Waals surface area contributed by atoms with Gasteiger partial charge in [-0.1, -0.05) is 0 Å². The summed E-state index contributed by atoms with van der Waals surface area (Å²) in [5.74, 6) is 3.38. The third-order valence-electron chi connectivity index (χ3n) is 3.02. The Labute approximate surface area is 115 Å². The molecule has 4 heteroatoms. The van der Waals surface area contributed by atoms with Crippen molar-refractivity contribution in [3.63, 3.8) is 0 Å². The molecule has 0 amide bonds. The number of halogens is 1. The van der Waals surface area contributed by atoms with Crippen molar-refractivity contribution < 1.29 is 0 Å². The summed E-state index contributed by atoms with van der Waals surface area (Å²) in [7, 11) is 0. The third-order valence-corrected chi connectivity index (χ3v) is 4.73. The van der Waals surface area contributed by atoms with Crippen LogP contribution < -0.4 is 5.32 Å². The highest BCUT2D eigenvalue weighted by atomic mass is 79.9. The van der Waals surface area contributed by atoms with E-state index in [1.165, 1.54) is 24.3 Å². The molecular weight excluding hydrogens is 296 g/mol. The Hall–Kier alpha value is -0.660. The average Bonchev–Trinajstić information content (AvgIpc) is 2.38. The van der Waals surface area contributed by atoms with Crippen LogP contribution in [0.25, 0.3) is 0 Å². The molecule has 0 radical (unpaired) electrons. The van der Waals surface area contributed by atoms with E-state index in [1.54, 1.807) is 0 Å². The Kier molecular flexibility index (Phi) is 4.75. The van der Waals surface area contributed by atoms with Gasteiger partial charge in [0, 0.05) is 16.7 Å². The monoisotopic (exact) mass is 310 g/mol. The molecule has 2 nitrogen and oxygen atoms in total. The molecule has 0 bridgehead atoms. The maximum absolute atomic E-state index is 8.79. The van der Waals surface area contributed by atoms with Crippen LogP contribution in [0.5, 0.6) is 0 Å². The van der Waals surface area contributed by atoms with Gasteiger partial charge < -0.3 is 5.32 Å². The Morgan fingerprint density at radius 1 is 1.41 bits per heavy atom. The topological polar surface area (TPSA) is 35.8 Å². The van der Waals surface area contributed by atoms with Gasteiger partial charge >= 0.3 is 0 Å². The van der Waals surface area contributed by atoms with E-state index in [2.05, 4.69) is 39.1 Å². The summed E-state index contributed by atoms with van der Waals surface area (Å²) in [4.78, 5) is 0. The first-order chi connectivity index (χ1) is 8.29. The molecule has 17 heavy (non-hydrogen) atoms. The zero-order valence-electron chi connectivity index (χ0n) is 9.58. The number of benzene rings is 1. The Balaban J connectivity index is 1.92. The normalized spacial score (nSPS) is 16.5. The van der Waals surface area contributed by atoms with Gasteiger partial charge in [-0.3, -0.25) is 0 Å². The van der Waals surface area contributed by atoms with Crippen LogP contribution in [-0.2, 0) is 0 Å². The first-order valence-corrected chi connectivity index (χ1v) is 7.75. The predicted molar refractivity (Wildman–Crippen MR) is 77.4 cm³/mol. The average molecular weight is 311 g/mol. The second-order valence-corrected chi connectivity index (χ2v) is 6.32. The molecule has 0 spiro atoms. The van der Waals surface area contributed by atoms with Gasteiger partial charge in [-0.15, -0.1) is 0 Å². The summed E-state index contributed by atoms with van der Waals surface area (Å²) in [6.07, 6.45) is 2.62. The Morgan fingerprint density at radius 3 is 2.82 bits per heavy atom. The summed E-state index contributed by atoms with van der Waals surface area (Å²) in [5, 5.41) is 12.3. The number of rotatable bonds is 3. The van der Waals surface area contributed by atoms with Gasteiger partial charge in [-0.25, -0.2) is 0 Å².